The van der Waals surface area contributed by atoms with E-state index in [0.29, 0.717) is 22.5 Å². The Morgan fingerprint density at radius 3 is 2.25 bits per heavy atom. The van der Waals surface area contributed by atoms with Gasteiger partial charge in [0.25, 0.3) is 5.91 Å². The summed E-state index contributed by atoms with van der Waals surface area (Å²) in [6.07, 6.45) is -0.802. The Bertz CT molecular complexity index is 1200. The van der Waals surface area contributed by atoms with Crippen molar-refractivity contribution in [3.63, 3.8) is 0 Å². The Balaban J connectivity index is 1.93. The highest BCUT2D eigenvalue weighted by Crippen LogP contribution is 2.25. The number of aromatic nitrogens is 1. The Hall–Kier alpha value is -4.41. The fraction of sp³-hybridized carbons (Fsp3) is 0.190. The first-order chi connectivity index (χ1) is 15.2. The average Bonchev–Trinajstić information content (AvgIpc) is 3.04. The maximum Gasteiger partial charge on any atom is 0.326 e. The van der Waals surface area contributed by atoms with Crippen LogP contribution in [0.15, 0.2) is 40.9 Å². The van der Waals surface area contributed by atoms with Crippen molar-refractivity contribution in [2.45, 2.75) is 26.3 Å². The average molecular weight is 440 g/mol. The molecule has 0 radical (unpaired) electrons. The van der Waals surface area contributed by atoms with Crippen molar-refractivity contribution in [3.8, 4) is 0 Å². The molecule has 1 aromatic heterocycles. The number of aliphatic carboxylic acids is 2. The van der Waals surface area contributed by atoms with Gasteiger partial charge in [0.2, 0.25) is 0 Å². The third kappa shape index (κ3) is 5.01. The molecule has 1 atom stereocenters. The minimum Gasteiger partial charge on any atom is -0.481 e. The number of anilines is 2. The molecule has 3 aromatic rings. The number of carbonyl (C=O) groups is 4. The van der Waals surface area contributed by atoms with E-state index >= 15 is 0 Å². The third-order valence-electron chi connectivity index (χ3n) is 4.63. The fourth-order valence-corrected chi connectivity index (χ4v) is 3.07. The summed E-state index contributed by atoms with van der Waals surface area (Å²) in [5.41, 5.74) is 0.910. The first-order valence-electron chi connectivity index (χ1n) is 9.45. The summed E-state index contributed by atoms with van der Waals surface area (Å²) in [7, 11) is 0. The number of carboxylic acids is 2. The zero-order valence-electron chi connectivity index (χ0n) is 17.1. The Kier molecular flexibility index (Phi) is 6.38. The van der Waals surface area contributed by atoms with Gasteiger partial charge in [0.05, 0.1) is 17.7 Å². The van der Waals surface area contributed by atoms with Gasteiger partial charge in [0.1, 0.15) is 17.4 Å². The molecule has 1 heterocycles. The van der Waals surface area contributed by atoms with Crippen LogP contribution in [0.5, 0.6) is 0 Å². The molecule has 0 spiro atoms. The number of fused-ring (bicyclic) bond motifs is 1. The largest absolute Gasteiger partial charge is 0.481 e. The second-order valence-corrected chi connectivity index (χ2v) is 6.99. The Morgan fingerprint density at radius 2 is 1.69 bits per heavy atom. The monoisotopic (exact) mass is 440 g/mol. The number of nitrogens with zero attached hydrogens (tertiary/aromatic N) is 1. The smallest absolute Gasteiger partial charge is 0.326 e. The summed E-state index contributed by atoms with van der Waals surface area (Å²) >= 11 is 0. The van der Waals surface area contributed by atoms with Crippen LogP contribution in [0, 0.1) is 13.8 Å². The summed E-state index contributed by atoms with van der Waals surface area (Å²) in [4.78, 5) is 47.7. The number of nitrogens with one attached hydrogen (secondary N) is 3. The second kappa shape index (κ2) is 9.16. The third-order valence-corrected chi connectivity index (χ3v) is 4.63. The van der Waals surface area contributed by atoms with E-state index in [1.807, 2.05) is 0 Å². The molecule has 166 valence electrons. The number of carbonyl (C=O) groups excluding carboxylic acids is 2. The maximum absolute atomic E-state index is 12.8. The van der Waals surface area contributed by atoms with Crippen LogP contribution >= 0.6 is 0 Å². The van der Waals surface area contributed by atoms with Gasteiger partial charge in [-0.15, -0.1) is 0 Å². The highest BCUT2D eigenvalue weighted by molar-refractivity contribution is 6.10. The lowest BCUT2D eigenvalue weighted by Gasteiger charge is -2.16. The van der Waals surface area contributed by atoms with Crippen LogP contribution in [0.25, 0.3) is 10.8 Å². The summed E-state index contributed by atoms with van der Waals surface area (Å²) in [5, 5.41) is 30.6. The van der Waals surface area contributed by atoms with Crippen LogP contribution in [0.1, 0.15) is 28.2 Å². The van der Waals surface area contributed by atoms with E-state index in [1.165, 1.54) is 6.07 Å². The van der Waals surface area contributed by atoms with Crippen LogP contribution in [-0.4, -0.2) is 45.3 Å². The molecule has 0 unspecified atom stereocenters. The number of hydrogen-bond donors (Lipinski definition) is 5. The summed E-state index contributed by atoms with van der Waals surface area (Å²) < 4.78 is 5.00. The lowest BCUT2D eigenvalue weighted by Crippen LogP contribution is -2.42. The molecule has 0 fully saturated rings. The van der Waals surface area contributed by atoms with Crippen LogP contribution in [0.4, 0.5) is 16.2 Å². The molecular weight excluding hydrogens is 420 g/mol. The second-order valence-electron chi connectivity index (χ2n) is 6.99. The number of urea groups is 1. The highest BCUT2D eigenvalue weighted by Gasteiger charge is 2.25. The van der Waals surface area contributed by atoms with Gasteiger partial charge in [-0.25, -0.2) is 9.59 Å². The predicted octanol–water partition coefficient (Wildman–Crippen LogP) is 2.75. The number of aryl methyl sites for hydroxylation is 2. The summed E-state index contributed by atoms with van der Waals surface area (Å²) in [6.45, 7) is 3.27. The van der Waals surface area contributed by atoms with Gasteiger partial charge in [0, 0.05) is 0 Å². The van der Waals surface area contributed by atoms with Gasteiger partial charge in [0.15, 0.2) is 5.76 Å². The number of carboxylic acid groups (broad SMARTS) is 2. The quantitative estimate of drug-likeness (QED) is 0.373. The van der Waals surface area contributed by atoms with Crippen LogP contribution in [-0.2, 0) is 9.59 Å². The molecule has 0 aliphatic rings. The van der Waals surface area contributed by atoms with E-state index in [-0.39, 0.29) is 11.3 Å². The minimum atomic E-state index is -1.64. The predicted molar refractivity (Wildman–Crippen MR) is 114 cm³/mol. The molecule has 3 rings (SSSR count). The van der Waals surface area contributed by atoms with E-state index in [0.717, 1.165) is 5.39 Å². The van der Waals surface area contributed by atoms with E-state index < -0.39 is 36.3 Å². The number of rotatable bonds is 7. The molecule has 5 N–H and O–H groups in total. The number of hydrogen-bond acceptors (Lipinski definition) is 6. The highest BCUT2D eigenvalue weighted by atomic mass is 16.5. The molecule has 0 aliphatic heterocycles. The lowest BCUT2D eigenvalue weighted by atomic mass is 10.0. The minimum absolute atomic E-state index is 0.0331. The van der Waals surface area contributed by atoms with Crippen molar-refractivity contribution in [1.29, 1.82) is 0 Å². The van der Waals surface area contributed by atoms with Gasteiger partial charge in [-0.3, -0.25) is 9.59 Å². The van der Waals surface area contributed by atoms with Crippen molar-refractivity contribution in [1.82, 2.24) is 10.5 Å². The van der Waals surface area contributed by atoms with Gasteiger partial charge < -0.3 is 30.7 Å². The zero-order chi connectivity index (χ0) is 23.4. The van der Waals surface area contributed by atoms with Crippen LogP contribution < -0.4 is 16.0 Å². The van der Waals surface area contributed by atoms with Crippen molar-refractivity contribution in [2.24, 2.45) is 0 Å². The Morgan fingerprint density at radius 1 is 1.03 bits per heavy atom. The summed E-state index contributed by atoms with van der Waals surface area (Å²) in [5.74, 6) is -3.33. The molecule has 32 heavy (non-hydrogen) atoms. The van der Waals surface area contributed by atoms with Crippen molar-refractivity contribution in [3.05, 3.63) is 53.4 Å². The van der Waals surface area contributed by atoms with Gasteiger partial charge >= 0.3 is 18.0 Å². The zero-order valence-corrected chi connectivity index (χ0v) is 17.1. The fourth-order valence-electron chi connectivity index (χ4n) is 3.07. The van der Waals surface area contributed by atoms with Crippen molar-refractivity contribution >= 4 is 46.0 Å². The summed E-state index contributed by atoms with van der Waals surface area (Å²) in [6, 6.07) is 7.78. The lowest BCUT2D eigenvalue weighted by molar-refractivity contribution is -0.145. The molecular formula is C21H20N4O7. The van der Waals surface area contributed by atoms with Gasteiger partial charge in [-0.1, -0.05) is 29.4 Å². The molecule has 0 saturated heterocycles. The molecule has 0 bridgehead atoms. The normalized spacial score (nSPS) is 11.6. The van der Waals surface area contributed by atoms with E-state index in [4.69, 9.17) is 9.63 Å². The topological polar surface area (TPSA) is 171 Å². The molecule has 0 saturated carbocycles. The number of benzene rings is 2. The molecule has 11 heteroatoms. The molecule has 2 aromatic carbocycles. The Labute approximate surface area is 181 Å². The van der Waals surface area contributed by atoms with Crippen LogP contribution in [0.3, 0.4) is 0 Å². The van der Waals surface area contributed by atoms with Crippen molar-refractivity contribution in [2.75, 3.05) is 10.6 Å². The maximum atomic E-state index is 12.8. The van der Waals surface area contributed by atoms with E-state index in [1.54, 1.807) is 44.2 Å². The van der Waals surface area contributed by atoms with E-state index in [2.05, 4.69) is 21.1 Å². The molecule has 3 amide bonds. The first kappa shape index (κ1) is 22.3. The number of amides is 3. The van der Waals surface area contributed by atoms with Crippen molar-refractivity contribution < 1.29 is 33.9 Å². The van der Waals surface area contributed by atoms with Gasteiger partial charge in [-0.05, 0) is 36.8 Å². The standard InChI is InChI=1S/C21H20N4O7/c1-10-18(11(2)32-25-10)24-21(31)23-15-8-13-6-4-3-5-12(13)7-14(15)19(28)22-16(20(29)30)9-17(26)27/h3-8,16H,9H2,1-2H3,(H,22,28)(H,26,27)(H,29,30)(H2,23,24,31)/t16-/m0/s1. The van der Waals surface area contributed by atoms with E-state index in [9.17, 15) is 24.3 Å². The SMILES string of the molecule is Cc1noc(C)c1NC(=O)Nc1cc2ccccc2cc1C(=O)N[C@@H](CC(=O)O)C(=O)O. The molecule has 0 aliphatic carbocycles. The first-order valence-corrected chi connectivity index (χ1v) is 9.45. The van der Waals surface area contributed by atoms with Gasteiger partial charge in [-0.2, -0.15) is 0 Å². The van der Waals surface area contributed by atoms with Crippen LogP contribution in [0.2, 0.25) is 0 Å². The molecule has 11 nitrogen and oxygen atoms in total.